The van der Waals surface area contributed by atoms with Gasteiger partial charge in [-0.2, -0.15) is 0 Å². The highest BCUT2D eigenvalue weighted by Gasteiger charge is 2.30. The zero-order chi connectivity index (χ0) is 14.8. The summed E-state index contributed by atoms with van der Waals surface area (Å²) in [7, 11) is -3.35. The Morgan fingerprint density at radius 1 is 1.42 bits per heavy atom. The molecule has 0 radical (unpaired) electrons. The molecule has 0 saturated carbocycles. The first-order chi connectivity index (χ1) is 8.55. The summed E-state index contributed by atoms with van der Waals surface area (Å²) in [6.45, 7) is 7.52. The lowest BCUT2D eigenvalue weighted by molar-refractivity contribution is 0.375. The number of sulfone groups is 1. The van der Waals surface area contributed by atoms with Crippen LogP contribution < -0.4 is 4.72 Å². The Morgan fingerprint density at radius 3 is 2.37 bits per heavy atom. The van der Waals surface area contributed by atoms with E-state index in [9.17, 15) is 13.0 Å². The summed E-state index contributed by atoms with van der Waals surface area (Å²) in [5.74, 6) is 0.487. The maximum absolute atomic E-state index is 12.1. The van der Waals surface area contributed by atoms with Gasteiger partial charge in [0, 0.05) is 17.6 Å². The number of nitrogens with one attached hydrogen (secondary N) is 1. The van der Waals surface area contributed by atoms with Crippen molar-refractivity contribution in [2.24, 2.45) is 0 Å². The van der Waals surface area contributed by atoms with Gasteiger partial charge in [-0.3, -0.25) is 0 Å². The summed E-state index contributed by atoms with van der Waals surface area (Å²) < 4.78 is 42.7. The first-order valence-corrected chi connectivity index (χ1v) is 9.07. The SMILES string of the molecule is CC[C@H](N[S+]([O-])C(C)(C)C)c1ccc(S(C)(=O)=O)o1. The highest BCUT2D eigenvalue weighted by atomic mass is 32.2. The van der Waals surface area contributed by atoms with Crippen LogP contribution in [0.5, 0.6) is 0 Å². The molecule has 7 heteroatoms. The Hall–Kier alpha value is -0.500. The van der Waals surface area contributed by atoms with Crippen molar-refractivity contribution >= 4 is 21.2 Å². The van der Waals surface area contributed by atoms with Gasteiger partial charge in [0.05, 0.1) is 0 Å². The molecule has 1 rings (SSSR count). The summed E-state index contributed by atoms with van der Waals surface area (Å²) in [5.41, 5.74) is 0. The van der Waals surface area contributed by atoms with Crippen molar-refractivity contribution in [3.63, 3.8) is 0 Å². The number of furan rings is 1. The third kappa shape index (κ3) is 4.52. The zero-order valence-electron chi connectivity index (χ0n) is 11.9. The molecule has 19 heavy (non-hydrogen) atoms. The van der Waals surface area contributed by atoms with E-state index in [0.29, 0.717) is 12.2 Å². The number of hydrogen-bond acceptors (Lipinski definition) is 5. The van der Waals surface area contributed by atoms with Crippen LogP contribution >= 0.6 is 0 Å². The molecule has 1 aromatic heterocycles. The second kappa shape index (κ2) is 5.87. The fourth-order valence-electron chi connectivity index (χ4n) is 1.37. The highest BCUT2D eigenvalue weighted by molar-refractivity contribution is 7.91. The predicted molar refractivity (Wildman–Crippen MR) is 75.9 cm³/mol. The van der Waals surface area contributed by atoms with Gasteiger partial charge < -0.3 is 8.97 Å². The zero-order valence-corrected chi connectivity index (χ0v) is 13.5. The van der Waals surface area contributed by atoms with Crippen LogP contribution in [0.3, 0.4) is 0 Å². The molecule has 1 unspecified atom stereocenters. The maximum atomic E-state index is 12.1. The van der Waals surface area contributed by atoms with Gasteiger partial charge in [-0.1, -0.05) is 6.92 Å². The summed E-state index contributed by atoms with van der Waals surface area (Å²) in [6, 6.07) is 2.77. The van der Waals surface area contributed by atoms with Crippen molar-refractivity contribution in [1.29, 1.82) is 0 Å². The van der Waals surface area contributed by atoms with E-state index in [1.807, 2.05) is 27.7 Å². The summed E-state index contributed by atoms with van der Waals surface area (Å²) in [4.78, 5) is 0. The second-order valence-electron chi connectivity index (χ2n) is 5.39. The van der Waals surface area contributed by atoms with Crippen molar-refractivity contribution in [3.05, 3.63) is 17.9 Å². The van der Waals surface area contributed by atoms with E-state index in [1.165, 1.54) is 6.07 Å². The smallest absolute Gasteiger partial charge is 0.217 e. The number of hydrogen-bond donors (Lipinski definition) is 1. The van der Waals surface area contributed by atoms with Gasteiger partial charge in [-0.05, 0) is 39.3 Å². The van der Waals surface area contributed by atoms with Gasteiger partial charge in [-0.25, -0.2) is 8.42 Å². The molecule has 1 N–H and O–H groups in total. The molecular weight excluding hydrogens is 286 g/mol. The van der Waals surface area contributed by atoms with E-state index in [2.05, 4.69) is 4.72 Å². The van der Waals surface area contributed by atoms with E-state index in [1.54, 1.807) is 6.07 Å². The van der Waals surface area contributed by atoms with Gasteiger partial charge in [-0.15, -0.1) is 4.72 Å². The molecule has 5 nitrogen and oxygen atoms in total. The standard InChI is InChI=1S/C12H21NO4S2/c1-6-9(13-18(14)12(2,3)4)10-7-8-11(17-10)19(5,15)16/h7-9,13H,6H2,1-5H3/t9-,18?/m0/s1. The largest absolute Gasteiger partial charge is 0.598 e. The first-order valence-electron chi connectivity index (χ1n) is 6.03. The monoisotopic (exact) mass is 307 g/mol. The molecule has 110 valence electrons. The van der Waals surface area contributed by atoms with Gasteiger partial charge in [0.2, 0.25) is 14.9 Å². The van der Waals surface area contributed by atoms with Crippen LogP contribution in [0.1, 0.15) is 45.9 Å². The van der Waals surface area contributed by atoms with Crippen molar-refractivity contribution in [3.8, 4) is 0 Å². The molecule has 0 bridgehead atoms. The van der Waals surface area contributed by atoms with Crippen molar-refractivity contribution in [2.45, 2.75) is 50.0 Å². The number of rotatable bonds is 5. The molecule has 0 aromatic carbocycles. The molecule has 1 heterocycles. The molecule has 0 saturated heterocycles. The van der Waals surface area contributed by atoms with Crippen LogP contribution in [0.4, 0.5) is 0 Å². The first kappa shape index (κ1) is 16.6. The van der Waals surface area contributed by atoms with E-state index in [0.717, 1.165) is 6.26 Å². The second-order valence-corrected chi connectivity index (χ2v) is 9.33. The Morgan fingerprint density at radius 2 is 2.00 bits per heavy atom. The minimum Gasteiger partial charge on any atom is -0.598 e. The van der Waals surface area contributed by atoms with E-state index in [-0.39, 0.29) is 15.9 Å². The van der Waals surface area contributed by atoms with Gasteiger partial charge in [0.25, 0.3) is 0 Å². The van der Waals surface area contributed by atoms with Gasteiger partial charge in [0.15, 0.2) is 0 Å². The Bertz CT molecular complexity index is 516. The average Bonchev–Trinajstić information content (AvgIpc) is 2.72. The molecule has 0 aliphatic heterocycles. The molecule has 0 aliphatic carbocycles. The maximum Gasteiger partial charge on any atom is 0.217 e. The fraction of sp³-hybridized carbons (Fsp3) is 0.667. The topological polar surface area (TPSA) is 82.4 Å². The molecule has 0 fully saturated rings. The fourth-order valence-corrected chi connectivity index (χ4v) is 2.83. The van der Waals surface area contributed by atoms with Gasteiger partial charge >= 0.3 is 0 Å². The Balaban J connectivity index is 2.90. The van der Waals surface area contributed by atoms with Gasteiger partial charge in [0.1, 0.15) is 16.5 Å². The van der Waals surface area contributed by atoms with Crippen LogP contribution in [0.15, 0.2) is 21.6 Å². The molecule has 2 atom stereocenters. The van der Waals surface area contributed by atoms with Crippen LogP contribution in [0.2, 0.25) is 0 Å². The van der Waals surface area contributed by atoms with E-state index >= 15 is 0 Å². The molecular formula is C12H21NO4S2. The van der Waals surface area contributed by atoms with Crippen LogP contribution in [0.25, 0.3) is 0 Å². The third-order valence-corrected chi connectivity index (χ3v) is 5.09. The Kier molecular flexibility index (Phi) is 5.11. The third-order valence-electron chi connectivity index (χ3n) is 2.52. The molecule has 0 aliphatic rings. The van der Waals surface area contributed by atoms with Crippen LogP contribution in [-0.4, -0.2) is 24.0 Å². The lowest BCUT2D eigenvalue weighted by Crippen LogP contribution is -2.41. The van der Waals surface area contributed by atoms with Crippen LogP contribution in [0, 0.1) is 0 Å². The predicted octanol–water partition coefficient (Wildman–Crippen LogP) is 2.19. The minimum atomic E-state index is -3.35. The lowest BCUT2D eigenvalue weighted by Gasteiger charge is -2.26. The van der Waals surface area contributed by atoms with Crippen molar-refractivity contribution < 1.29 is 17.4 Å². The molecule has 0 amide bonds. The summed E-state index contributed by atoms with van der Waals surface area (Å²) >= 11 is -1.24. The van der Waals surface area contributed by atoms with E-state index in [4.69, 9.17) is 4.42 Å². The summed E-state index contributed by atoms with van der Waals surface area (Å²) in [5, 5.41) is -0.0655. The average molecular weight is 307 g/mol. The van der Waals surface area contributed by atoms with Crippen molar-refractivity contribution in [1.82, 2.24) is 4.72 Å². The molecule has 1 aromatic rings. The normalized spacial score (nSPS) is 16.3. The van der Waals surface area contributed by atoms with Crippen molar-refractivity contribution in [2.75, 3.05) is 6.26 Å². The van der Waals surface area contributed by atoms with E-state index < -0.39 is 21.2 Å². The quantitative estimate of drug-likeness (QED) is 0.843. The highest BCUT2D eigenvalue weighted by Crippen LogP contribution is 2.25. The Labute approximate surface area is 118 Å². The lowest BCUT2D eigenvalue weighted by atomic mass is 10.2. The molecule has 0 spiro atoms. The summed E-state index contributed by atoms with van der Waals surface area (Å²) in [6.07, 6.45) is 1.75. The van der Waals surface area contributed by atoms with Crippen LogP contribution in [-0.2, 0) is 21.2 Å². The minimum absolute atomic E-state index is 0.0655.